The van der Waals surface area contributed by atoms with Gasteiger partial charge in [-0.3, -0.25) is 0 Å². The summed E-state index contributed by atoms with van der Waals surface area (Å²) >= 11 is 0. The number of methoxy groups -OCH3 is 1. The molecule has 0 saturated carbocycles. The number of halogens is 1. The van der Waals surface area contributed by atoms with Gasteiger partial charge in [0.1, 0.15) is 0 Å². The monoisotopic (exact) mass is 253 g/mol. The first kappa shape index (κ1) is 13.3. The fourth-order valence-electron chi connectivity index (χ4n) is 2.23. The maximum Gasteiger partial charge on any atom is 0.170 e. The highest BCUT2D eigenvalue weighted by molar-refractivity contribution is 5.30. The van der Waals surface area contributed by atoms with Crippen LogP contribution in [0.1, 0.15) is 18.4 Å². The number of benzene rings is 1. The van der Waals surface area contributed by atoms with Gasteiger partial charge in [-0.05, 0) is 31.4 Å². The number of rotatable bonds is 5. The molecule has 2 rings (SSSR count). The Bertz CT molecular complexity index is 378. The van der Waals surface area contributed by atoms with Crippen LogP contribution in [-0.2, 0) is 11.3 Å². The van der Waals surface area contributed by atoms with Crippen LogP contribution in [0.2, 0.25) is 0 Å². The van der Waals surface area contributed by atoms with Gasteiger partial charge in [-0.15, -0.1) is 0 Å². The smallest absolute Gasteiger partial charge is 0.170 e. The lowest BCUT2D eigenvalue weighted by Gasteiger charge is -2.22. The van der Waals surface area contributed by atoms with E-state index in [2.05, 4.69) is 5.32 Å². The normalized spacial score (nSPS) is 19.8. The molecule has 1 N–H and O–H groups in total. The van der Waals surface area contributed by atoms with Crippen molar-refractivity contribution in [2.45, 2.75) is 19.4 Å². The van der Waals surface area contributed by atoms with Crippen LogP contribution in [-0.4, -0.2) is 26.8 Å². The average molecular weight is 253 g/mol. The molecule has 0 spiro atoms. The highest BCUT2D eigenvalue weighted by Gasteiger charge is 2.14. The van der Waals surface area contributed by atoms with Crippen LogP contribution in [0, 0.1) is 11.7 Å². The van der Waals surface area contributed by atoms with Crippen LogP contribution in [0.15, 0.2) is 18.2 Å². The van der Waals surface area contributed by atoms with Crippen molar-refractivity contribution in [1.82, 2.24) is 5.32 Å². The zero-order valence-electron chi connectivity index (χ0n) is 10.7. The van der Waals surface area contributed by atoms with Crippen LogP contribution < -0.4 is 10.1 Å². The summed E-state index contributed by atoms with van der Waals surface area (Å²) in [5.41, 5.74) is 0.554. The van der Waals surface area contributed by atoms with Crippen LogP contribution >= 0.6 is 0 Å². The lowest BCUT2D eigenvalue weighted by atomic mass is 10.0. The van der Waals surface area contributed by atoms with E-state index in [9.17, 15) is 4.39 Å². The first-order valence-electron chi connectivity index (χ1n) is 6.41. The van der Waals surface area contributed by atoms with Gasteiger partial charge in [-0.1, -0.05) is 12.1 Å². The molecule has 1 saturated heterocycles. The van der Waals surface area contributed by atoms with Gasteiger partial charge in [0.25, 0.3) is 0 Å². The highest BCUT2D eigenvalue weighted by Crippen LogP contribution is 2.21. The third-order valence-corrected chi connectivity index (χ3v) is 3.27. The minimum atomic E-state index is -0.318. The molecule has 1 unspecified atom stereocenters. The summed E-state index contributed by atoms with van der Waals surface area (Å²) in [5.74, 6) is 0.504. The lowest BCUT2D eigenvalue weighted by Crippen LogP contribution is -2.32. The van der Waals surface area contributed by atoms with Crippen LogP contribution in [0.5, 0.6) is 5.75 Å². The topological polar surface area (TPSA) is 30.5 Å². The van der Waals surface area contributed by atoms with Crippen LogP contribution in [0.4, 0.5) is 4.39 Å². The van der Waals surface area contributed by atoms with Crippen molar-refractivity contribution in [2.75, 3.05) is 26.8 Å². The Kier molecular flexibility index (Phi) is 4.96. The molecule has 0 radical (unpaired) electrons. The van der Waals surface area contributed by atoms with Crippen LogP contribution in [0.3, 0.4) is 0 Å². The quantitative estimate of drug-likeness (QED) is 0.873. The number of ether oxygens (including phenoxy) is 2. The van der Waals surface area contributed by atoms with Crippen molar-refractivity contribution in [3.8, 4) is 5.75 Å². The molecule has 1 aromatic rings. The fourth-order valence-corrected chi connectivity index (χ4v) is 2.23. The van der Waals surface area contributed by atoms with E-state index in [0.29, 0.717) is 24.7 Å². The molecule has 1 aromatic carbocycles. The van der Waals surface area contributed by atoms with Gasteiger partial charge in [0.05, 0.1) is 20.3 Å². The maximum absolute atomic E-state index is 13.8. The minimum Gasteiger partial charge on any atom is -0.494 e. The fraction of sp³-hybridized carbons (Fsp3) is 0.571. The largest absolute Gasteiger partial charge is 0.494 e. The second-order valence-electron chi connectivity index (χ2n) is 4.66. The predicted octanol–water partition coefficient (Wildman–Crippen LogP) is 2.35. The van der Waals surface area contributed by atoms with Crippen molar-refractivity contribution >= 4 is 0 Å². The second kappa shape index (κ2) is 6.71. The van der Waals surface area contributed by atoms with Gasteiger partial charge in [0.2, 0.25) is 0 Å². The molecule has 1 atom stereocenters. The molecule has 0 amide bonds. The van der Waals surface area contributed by atoms with Gasteiger partial charge in [-0.2, -0.15) is 0 Å². The van der Waals surface area contributed by atoms with Crippen molar-refractivity contribution in [3.05, 3.63) is 29.6 Å². The number of piperidine rings is 1. The molecule has 0 aliphatic carbocycles. The van der Waals surface area contributed by atoms with Gasteiger partial charge in [0.15, 0.2) is 11.6 Å². The minimum absolute atomic E-state index is 0.274. The molecule has 3 nitrogen and oxygen atoms in total. The van der Waals surface area contributed by atoms with Crippen molar-refractivity contribution in [3.63, 3.8) is 0 Å². The van der Waals surface area contributed by atoms with Crippen LogP contribution in [0.25, 0.3) is 0 Å². The second-order valence-corrected chi connectivity index (χ2v) is 4.66. The van der Waals surface area contributed by atoms with Crippen molar-refractivity contribution < 1.29 is 13.9 Å². The number of hydrogen-bond acceptors (Lipinski definition) is 3. The molecule has 1 fully saturated rings. The Morgan fingerprint density at radius 3 is 3.06 bits per heavy atom. The van der Waals surface area contributed by atoms with E-state index >= 15 is 0 Å². The Morgan fingerprint density at radius 2 is 2.33 bits per heavy atom. The predicted molar refractivity (Wildman–Crippen MR) is 68.2 cm³/mol. The van der Waals surface area contributed by atoms with Crippen molar-refractivity contribution in [2.24, 2.45) is 5.92 Å². The van der Waals surface area contributed by atoms with Crippen molar-refractivity contribution in [1.29, 1.82) is 0 Å². The molecular formula is C14H20FNO2. The molecule has 1 heterocycles. The molecule has 1 aliphatic rings. The molecule has 18 heavy (non-hydrogen) atoms. The van der Waals surface area contributed by atoms with E-state index in [1.807, 2.05) is 0 Å². The Balaban J connectivity index is 1.82. The SMILES string of the molecule is COc1cccc(COCC2CCCNC2)c1F. The van der Waals surface area contributed by atoms with Gasteiger partial charge >= 0.3 is 0 Å². The molecule has 0 bridgehead atoms. The molecule has 4 heteroatoms. The summed E-state index contributed by atoms with van der Waals surface area (Å²) < 4.78 is 24.4. The summed E-state index contributed by atoms with van der Waals surface area (Å²) in [6, 6.07) is 5.13. The third-order valence-electron chi connectivity index (χ3n) is 3.27. The lowest BCUT2D eigenvalue weighted by molar-refractivity contribution is 0.0763. The molecule has 0 aromatic heterocycles. The summed E-state index contributed by atoms with van der Waals surface area (Å²) in [6.07, 6.45) is 2.38. The summed E-state index contributed by atoms with van der Waals surface area (Å²) in [7, 11) is 1.47. The summed E-state index contributed by atoms with van der Waals surface area (Å²) in [4.78, 5) is 0. The summed E-state index contributed by atoms with van der Waals surface area (Å²) in [6.45, 7) is 3.09. The zero-order chi connectivity index (χ0) is 12.8. The van der Waals surface area contributed by atoms with Gasteiger partial charge < -0.3 is 14.8 Å². The Labute approximate surface area is 107 Å². The first-order valence-corrected chi connectivity index (χ1v) is 6.41. The Morgan fingerprint density at radius 1 is 1.44 bits per heavy atom. The molecule has 100 valence electrons. The zero-order valence-corrected chi connectivity index (χ0v) is 10.7. The van der Waals surface area contributed by atoms with E-state index in [-0.39, 0.29) is 11.6 Å². The van der Waals surface area contributed by atoms with Gasteiger partial charge in [-0.25, -0.2) is 4.39 Å². The first-order chi connectivity index (χ1) is 8.81. The number of hydrogen-bond donors (Lipinski definition) is 1. The van der Waals surface area contributed by atoms with E-state index in [1.54, 1.807) is 18.2 Å². The van der Waals surface area contributed by atoms with E-state index in [1.165, 1.54) is 20.0 Å². The Hall–Kier alpha value is -1.13. The average Bonchev–Trinajstić information content (AvgIpc) is 2.42. The standard InChI is InChI=1S/C14H20FNO2/c1-17-13-6-2-5-12(14(13)15)10-18-9-11-4-3-7-16-8-11/h2,5-6,11,16H,3-4,7-10H2,1H3. The van der Waals surface area contributed by atoms with Gasteiger partial charge in [0, 0.05) is 12.1 Å². The number of nitrogens with one attached hydrogen (secondary N) is 1. The third kappa shape index (κ3) is 3.43. The van der Waals surface area contributed by atoms with E-state index in [4.69, 9.17) is 9.47 Å². The summed E-state index contributed by atoms with van der Waals surface area (Å²) in [5, 5.41) is 3.34. The molecular weight excluding hydrogens is 233 g/mol. The highest BCUT2D eigenvalue weighted by atomic mass is 19.1. The van der Waals surface area contributed by atoms with E-state index in [0.717, 1.165) is 13.1 Å². The van der Waals surface area contributed by atoms with E-state index < -0.39 is 0 Å². The maximum atomic E-state index is 13.8. The molecule has 1 aliphatic heterocycles.